The molecule has 2 heterocycles. The van der Waals surface area contributed by atoms with E-state index in [1.165, 1.54) is 0 Å². The van der Waals surface area contributed by atoms with E-state index in [9.17, 15) is 9.59 Å². The van der Waals surface area contributed by atoms with E-state index in [2.05, 4.69) is 6.92 Å². The number of amides is 2. The Morgan fingerprint density at radius 3 is 2.57 bits per heavy atom. The molecule has 2 fully saturated rings. The molecule has 2 N–H and O–H groups in total. The van der Waals surface area contributed by atoms with Gasteiger partial charge in [-0.2, -0.15) is 0 Å². The molecule has 0 spiro atoms. The van der Waals surface area contributed by atoms with Crippen LogP contribution in [-0.2, 0) is 9.59 Å². The molecule has 2 amide bonds. The fraction of sp³-hybridized carbons (Fsp3) is 0.867. The Hall–Kier alpha value is -0.750. The van der Waals surface area contributed by atoms with Gasteiger partial charge in [0.05, 0.1) is 5.88 Å². The van der Waals surface area contributed by atoms with Crippen molar-refractivity contribution in [3.63, 3.8) is 0 Å². The van der Waals surface area contributed by atoms with Gasteiger partial charge in [0.1, 0.15) is 6.04 Å². The highest BCUT2D eigenvalue weighted by Gasteiger charge is 2.43. The molecular formula is C15H27N3O2S. The van der Waals surface area contributed by atoms with Gasteiger partial charge in [0.15, 0.2) is 0 Å². The van der Waals surface area contributed by atoms with Crippen LogP contribution in [0, 0.1) is 10.8 Å². The van der Waals surface area contributed by atoms with E-state index in [1.807, 2.05) is 25.7 Å². The van der Waals surface area contributed by atoms with Gasteiger partial charge >= 0.3 is 0 Å². The van der Waals surface area contributed by atoms with Crippen molar-refractivity contribution >= 4 is 23.6 Å². The van der Waals surface area contributed by atoms with Gasteiger partial charge in [0, 0.05) is 24.3 Å². The molecule has 2 aliphatic heterocycles. The van der Waals surface area contributed by atoms with Crippen molar-refractivity contribution < 1.29 is 9.59 Å². The SMILES string of the molecule is CC1(CN)CCN(C(=O)C2CSCN2C(=O)C(C)(C)C)C1. The third kappa shape index (κ3) is 3.37. The lowest BCUT2D eigenvalue weighted by Crippen LogP contribution is -2.51. The highest BCUT2D eigenvalue weighted by atomic mass is 32.2. The maximum atomic E-state index is 12.8. The molecule has 2 saturated heterocycles. The zero-order chi connectivity index (χ0) is 15.8. The quantitative estimate of drug-likeness (QED) is 0.830. The predicted molar refractivity (Wildman–Crippen MR) is 85.8 cm³/mol. The molecule has 21 heavy (non-hydrogen) atoms. The molecule has 2 rings (SSSR count). The number of carbonyl (C=O) groups is 2. The first-order valence-corrected chi connectivity index (χ1v) is 8.71. The minimum atomic E-state index is -0.444. The minimum absolute atomic E-state index is 0.0280. The van der Waals surface area contributed by atoms with E-state index in [-0.39, 0.29) is 23.3 Å². The predicted octanol–water partition coefficient (Wildman–Crippen LogP) is 1.13. The number of hydrogen-bond donors (Lipinski definition) is 1. The van der Waals surface area contributed by atoms with Gasteiger partial charge in [-0.15, -0.1) is 11.8 Å². The maximum absolute atomic E-state index is 12.8. The van der Waals surface area contributed by atoms with Crippen LogP contribution in [0.5, 0.6) is 0 Å². The van der Waals surface area contributed by atoms with Crippen molar-refractivity contribution in [2.45, 2.75) is 40.2 Å². The van der Waals surface area contributed by atoms with E-state index >= 15 is 0 Å². The zero-order valence-corrected chi connectivity index (χ0v) is 14.3. The van der Waals surface area contributed by atoms with Gasteiger partial charge in [-0.25, -0.2) is 0 Å². The Morgan fingerprint density at radius 2 is 2.05 bits per heavy atom. The lowest BCUT2D eigenvalue weighted by Gasteiger charge is -2.32. The van der Waals surface area contributed by atoms with Gasteiger partial charge in [0.2, 0.25) is 11.8 Å². The molecule has 5 nitrogen and oxygen atoms in total. The number of hydrogen-bond acceptors (Lipinski definition) is 4. The van der Waals surface area contributed by atoms with Crippen molar-refractivity contribution in [1.29, 1.82) is 0 Å². The van der Waals surface area contributed by atoms with Crippen molar-refractivity contribution in [2.75, 3.05) is 31.3 Å². The van der Waals surface area contributed by atoms with E-state index in [1.54, 1.807) is 16.7 Å². The summed E-state index contributed by atoms with van der Waals surface area (Å²) in [6.45, 7) is 9.90. The molecule has 0 aromatic rings. The molecule has 2 aliphatic rings. The molecule has 120 valence electrons. The van der Waals surface area contributed by atoms with E-state index in [4.69, 9.17) is 5.73 Å². The van der Waals surface area contributed by atoms with Gasteiger partial charge in [-0.3, -0.25) is 9.59 Å². The Labute approximate surface area is 131 Å². The van der Waals surface area contributed by atoms with Crippen molar-refractivity contribution in [1.82, 2.24) is 9.80 Å². The molecule has 2 atom stereocenters. The summed E-state index contributed by atoms with van der Waals surface area (Å²) in [5, 5.41) is 0. The minimum Gasteiger partial charge on any atom is -0.340 e. The summed E-state index contributed by atoms with van der Waals surface area (Å²) in [7, 11) is 0. The highest BCUT2D eigenvalue weighted by Crippen LogP contribution is 2.32. The standard InChI is InChI=1S/C15H27N3O2S/c1-14(2,3)13(20)18-10-21-7-11(18)12(19)17-6-5-15(4,8-16)9-17/h11H,5-10,16H2,1-4H3. The molecule has 2 unspecified atom stereocenters. The van der Waals surface area contributed by atoms with Crippen LogP contribution in [0.1, 0.15) is 34.1 Å². The Kier molecular flexibility index (Phi) is 4.59. The second-order valence-corrected chi connectivity index (χ2v) is 8.56. The summed E-state index contributed by atoms with van der Waals surface area (Å²) in [5.41, 5.74) is 5.39. The molecule has 0 radical (unpaired) electrons. The van der Waals surface area contributed by atoms with E-state index in [0.29, 0.717) is 24.7 Å². The van der Waals surface area contributed by atoms with Crippen LogP contribution in [0.15, 0.2) is 0 Å². The number of rotatable bonds is 2. The Morgan fingerprint density at radius 1 is 1.38 bits per heavy atom. The van der Waals surface area contributed by atoms with E-state index in [0.717, 1.165) is 13.0 Å². The second-order valence-electron chi connectivity index (χ2n) is 7.57. The normalized spacial score (nSPS) is 30.0. The molecular weight excluding hydrogens is 286 g/mol. The number of nitrogens with zero attached hydrogens (tertiary/aromatic N) is 2. The Balaban J connectivity index is 2.07. The fourth-order valence-corrected chi connectivity index (χ4v) is 4.01. The van der Waals surface area contributed by atoms with E-state index < -0.39 is 5.41 Å². The molecule has 0 aromatic heterocycles. The largest absolute Gasteiger partial charge is 0.340 e. The van der Waals surface area contributed by atoms with Crippen LogP contribution in [0.2, 0.25) is 0 Å². The average molecular weight is 313 g/mol. The summed E-state index contributed by atoms with van der Waals surface area (Å²) in [6, 6.07) is -0.304. The molecule has 0 saturated carbocycles. The number of carbonyl (C=O) groups excluding carboxylic acids is 2. The number of nitrogens with two attached hydrogens (primary N) is 1. The summed E-state index contributed by atoms with van der Waals surface area (Å²) in [5.74, 6) is 1.48. The highest BCUT2D eigenvalue weighted by molar-refractivity contribution is 7.99. The lowest BCUT2D eigenvalue weighted by atomic mass is 9.90. The van der Waals surface area contributed by atoms with Crippen molar-refractivity contribution in [3.05, 3.63) is 0 Å². The van der Waals surface area contributed by atoms with Gasteiger partial charge in [-0.1, -0.05) is 27.7 Å². The van der Waals surface area contributed by atoms with Gasteiger partial charge < -0.3 is 15.5 Å². The molecule has 0 bridgehead atoms. The summed E-state index contributed by atoms with van der Waals surface area (Å²) < 4.78 is 0. The second kappa shape index (κ2) is 5.80. The Bertz CT molecular complexity index is 435. The first-order valence-electron chi connectivity index (χ1n) is 7.56. The van der Waals surface area contributed by atoms with Crippen LogP contribution in [0.3, 0.4) is 0 Å². The first-order chi connectivity index (χ1) is 9.68. The van der Waals surface area contributed by atoms with Crippen LogP contribution in [-0.4, -0.2) is 58.9 Å². The lowest BCUT2D eigenvalue weighted by molar-refractivity contribution is -0.147. The zero-order valence-electron chi connectivity index (χ0n) is 13.5. The van der Waals surface area contributed by atoms with Gasteiger partial charge in [-0.05, 0) is 18.4 Å². The third-order valence-corrected chi connectivity index (χ3v) is 5.44. The van der Waals surface area contributed by atoms with Crippen LogP contribution < -0.4 is 5.73 Å². The van der Waals surface area contributed by atoms with Gasteiger partial charge in [0.25, 0.3) is 0 Å². The summed E-state index contributed by atoms with van der Waals surface area (Å²) in [4.78, 5) is 28.9. The summed E-state index contributed by atoms with van der Waals surface area (Å²) in [6.07, 6.45) is 0.947. The van der Waals surface area contributed by atoms with Crippen molar-refractivity contribution in [2.24, 2.45) is 16.6 Å². The van der Waals surface area contributed by atoms with Crippen LogP contribution in [0.4, 0.5) is 0 Å². The topological polar surface area (TPSA) is 66.6 Å². The number of thioether (sulfide) groups is 1. The fourth-order valence-electron chi connectivity index (χ4n) is 2.87. The molecule has 6 heteroatoms. The third-order valence-electron chi connectivity index (χ3n) is 4.43. The summed E-state index contributed by atoms with van der Waals surface area (Å²) >= 11 is 1.66. The smallest absolute Gasteiger partial charge is 0.246 e. The average Bonchev–Trinajstić information content (AvgIpc) is 3.03. The van der Waals surface area contributed by atoms with Crippen molar-refractivity contribution in [3.8, 4) is 0 Å². The first kappa shape index (κ1) is 16.6. The van der Waals surface area contributed by atoms with Crippen LogP contribution in [0.25, 0.3) is 0 Å². The number of likely N-dealkylation sites (tertiary alicyclic amines) is 1. The van der Waals surface area contributed by atoms with Crippen LogP contribution >= 0.6 is 11.8 Å². The maximum Gasteiger partial charge on any atom is 0.246 e. The molecule has 0 aromatic carbocycles. The molecule has 0 aliphatic carbocycles. The monoisotopic (exact) mass is 313 g/mol.